The molecular weight excluding hydrogens is 380 g/mol. The third kappa shape index (κ3) is 4.21. The van der Waals surface area contributed by atoms with Crippen molar-refractivity contribution in [3.05, 3.63) is 70.4 Å². The summed E-state index contributed by atoms with van der Waals surface area (Å²) < 4.78 is 11.2. The summed E-state index contributed by atoms with van der Waals surface area (Å²) in [4.78, 5) is 26.6. The number of likely N-dealkylation sites (tertiary alicyclic amines) is 1. The lowest BCUT2D eigenvalue weighted by Gasteiger charge is -2.36. The first-order chi connectivity index (χ1) is 14.7. The van der Waals surface area contributed by atoms with Gasteiger partial charge in [0.15, 0.2) is 0 Å². The van der Waals surface area contributed by atoms with Crippen LogP contribution < -0.4 is 15.0 Å². The highest BCUT2D eigenvalue weighted by molar-refractivity contribution is 5.52. The van der Waals surface area contributed by atoms with Gasteiger partial charge >= 0.3 is 0 Å². The van der Waals surface area contributed by atoms with Gasteiger partial charge in [-0.25, -0.2) is 4.98 Å². The molecule has 1 aliphatic rings. The van der Waals surface area contributed by atoms with Crippen LogP contribution in [0.3, 0.4) is 0 Å². The van der Waals surface area contributed by atoms with Crippen molar-refractivity contribution in [3.8, 4) is 22.9 Å². The number of rotatable bonds is 6. The van der Waals surface area contributed by atoms with Crippen LogP contribution in [0, 0.1) is 0 Å². The number of H-pyrrole nitrogens is 1. The summed E-state index contributed by atoms with van der Waals surface area (Å²) in [7, 11) is 3.34. The summed E-state index contributed by atoms with van der Waals surface area (Å²) in [5.41, 5.74) is 2.43. The standard InChI is InChI=1S/C23H26N4O3/c1-29-20-9-5-10-21(30-2)17(20)15-27-12-4-3-8-19(27)18-13-22(28)26-23(25-18)16-7-6-11-24-14-16/h5-7,9-11,13-14,19H,3-4,8,12,15H2,1-2H3,(H,25,26,28)/t19-/m0/s1. The van der Waals surface area contributed by atoms with Crippen LogP contribution in [0.4, 0.5) is 0 Å². The fraction of sp³-hybridized carbons (Fsp3) is 0.348. The predicted molar refractivity (Wildman–Crippen MR) is 115 cm³/mol. The molecule has 0 bridgehead atoms. The summed E-state index contributed by atoms with van der Waals surface area (Å²) in [6.45, 7) is 1.58. The zero-order valence-corrected chi connectivity index (χ0v) is 17.3. The molecule has 3 heterocycles. The number of nitrogens with zero attached hydrogens (tertiary/aromatic N) is 3. The molecule has 1 saturated heterocycles. The van der Waals surface area contributed by atoms with Gasteiger partial charge in [0.05, 0.1) is 31.5 Å². The van der Waals surface area contributed by atoms with Crippen molar-refractivity contribution in [2.24, 2.45) is 0 Å². The van der Waals surface area contributed by atoms with Gasteiger partial charge < -0.3 is 14.5 Å². The van der Waals surface area contributed by atoms with E-state index in [1.54, 1.807) is 32.7 Å². The minimum Gasteiger partial charge on any atom is -0.496 e. The molecule has 1 fully saturated rings. The maximum Gasteiger partial charge on any atom is 0.251 e. The fourth-order valence-electron chi connectivity index (χ4n) is 4.09. The number of ether oxygens (including phenoxy) is 2. The van der Waals surface area contributed by atoms with Crippen molar-refractivity contribution in [3.63, 3.8) is 0 Å². The van der Waals surface area contributed by atoms with E-state index in [9.17, 15) is 4.79 Å². The summed E-state index contributed by atoms with van der Waals surface area (Å²) in [6, 6.07) is 11.2. The Labute approximate surface area is 175 Å². The van der Waals surface area contributed by atoms with E-state index >= 15 is 0 Å². The number of aromatic nitrogens is 3. The molecule has 0 aliphatic carbocycles. The smallest absolute Gasteiger partial charge is 0.251 e. The van der Waals surface area contributed by atoms with Gasteiger partial charge in [0.25, 0.3) is 5.56 Å². The molecule has 2 aromatic heterocycles. The lowest BCUT2D eigenvalue weighted by atomic mass is 9.97. The van der Waals surface area contributed by atoms with Crippen molar-refractivity contribution in [1.29, 1.82) is 0 Å². The van der Waals surface area contributed by atoms with E-state index in [2.05, 4.69) is 14.9 Å². The molecule has 3 aromatic rings. The SMILES string of the molecule is COc1cccc(OC)c1CN1CCCC[C@H]1c1cc(=O)[nH]c(-c2cccnc2)n1. The molecule has 1 aromatic carbocycles. The third-order valence-corrected chi connectivity index (χ3v) is 5.54. The van der Waals surface area contributed by atoms with Crippen LogP contribution in [-0.4, -0.2) is 40.6 Å². The molecule has 0 amide bonds. The van der Waals surface area contributed by atoms with Gasteiger partial charge in [0.2, 0.25) is 0 Å². The van der Waals surface area contributed by atoms with Crippen molar-refractivity contribution in [1.82, 2.24) is 19.9 Å². The van der Waals surface area contributed by atoms with Crippen LogP contribution in [-0.2, 0) is 6.54 Å². The molecule has 4 rings (SSSR count). The number of piperidine rings is 1. The number of benzene rings is 1. The Morgan fingerprint density at radius 1 is 1.13 bits per heavy atom. The molecule has 30 heavy (non-hydrogen) atoms. The molecule has 1 aliphatic heterocycles. The number of nitrogens with one attached hydrogen (secondary N) is 1. The third-order valence-electron chi connectivity index (χ3n) is 5.54. The van der Waals surface area contributed by atoms with E-state index in [-0.39, 0.29) is 11.6 Å². The molecule has 1 atom stereocenters. The second-order valence-corrected chi connectivity index (χ2v) is 7.38. The number of hydrogen-bond acceptors (Lipinski definition) is 6. The summed E-state index contributed by atoms with van der Waals surface area (Å²) in [5, 5.41) is 0. The summed E-state index contributed by atoms with van der Waals surface area (Å²) >= 11 is 0. The van der Waals surface area contributed by atoms with Gasteiger partial charge in [0.1, 0.15) is 17.3 Å². The molecule has 156 valence electrons. The first kappa shape index (κ1) is 20.1. The molecular formula is C23H26N4O3. The van der Waals surface area contributed by atoms with Crippen LogP contribution in [0.5, 0.6) is 11.5 Å². The number of pyridine rings is 1. The lowest BCUT2D eigenvalue weighted by molar-refractivity contribution is 0.134. The van der Waals surface area contributed by atoms with Crippen molar-refractivity contribution in [2.75, 3.05) is 20.8 Å². The summed E-state index contributed by atoms with van der Waals surface area (Å²) in [5.74, 6) is 2.15. The van der Waals surface area contributed by atoms with Gasteiger partial charge in [-0.1, -0.05) is 12.5 Å². The van der Waals surface area contributed by atoms with Crippen molar-refractivity contribution in [2.45, 2.75) is 31.8 Å². The van der Waals surface area contributed by atoms with Crippen LogP contribution in [0.2, 0.25) is 0 Å². The minimum atomic E-state index is -0.153. The van der Waals surface area contributed by atoms with E-state index in [0.29, 0.717) is 12.4 Å². The molecule has 0 spiro atoms. The van der Waals surface area contributed by atoms with Crippen LogP contribution in [0.1, 0.15) is 36.6 Å². The molecule has 1 N–H and O–H groups in total. The quantitative estimate of drug-likeness (QED) is 0.674. The number of methoxy groups -OCH3 is 2. The van der Waals surface area contributed by atoms with Gasteiger partial charge in [-0.3, -0.25) is 14.7 Å². The van der Waals surface area contributed by atoms with E-state index in [1.165, 1.54) is 0 Å². The second-order valence-electron chi connectivity index (χ2n) is 7.38. The van der Waals surface area contributed by atoms with E-state index in [0.717, 1.165) is 54.1 Å². The topological polar surface area (TPSA) is 80.3 Å². The second kappa shape index (κ2) is 9.09. The van der Waals surface area contributed by atoms with Crippen LogP contribution >= 0.6 is 0 Å². The Bertz CT molecular complexity index is 1030. The normalized spacial score (nSPS) is 16.9. The molecule has 0 unspecified atom stereocenters. The van der Waals surface area contributed by atoms with Crippen molar-refractivity contribution < 1.29 is 9.47 Å². The average molecular weight is 406 g/mol. The molecule has 0 radical (unpaired) electrons. The Hall–Kier alpha value is -3.19. The van der Waals surface area contributed by atoms with E-state index in [1.807, 2.05) is 30.3 Å². The maximum atomic E-state index is 12.4. The number of aromatic amines is 1. The summed E-state index contributed by atoms with van der Waals surface area (Å²) in [6.07, 6.45) is 6.56. The van der Waals surface area contributed by atoms with E-state index < -0.39 is 0 Å². The van der Waals surface area contributed by atoms with Gasteiger partial charge in [0, 0.05) is 30.6 Å². The highest BCUT2D eigenvalue weighted by Gasteiger charge is 2.28. The van der Waals surface area contributed by atoms with Crippen molar-refractivity contribution >= 4 is 0 Å². The largest absolute Gasteiger partial charge is 0.496 e. The molecule has 7 nitrogen and oxygen atoms in total. The zero-order valence-electron chi connectivity index (χ0n) is 17.3. The first-order valence-electron chi connectivity index (χ1n) is 10.1. The highest BCUT2D eigenvalue weighted by Crippen LogP contribution is 2.36. The minimum absolute atomic E-state index is 0.0473. The first-order valence-corrected chi connectivity index (χ1v) is 10.1. The Morgan fingerprint density at radius 3 is 2.63 bits per heavy atom. The highest BCUT2D eigenvalue weighted by atomic mass is 16.5. The Balaban J connectivity index is 1.69. The van der Waals surface area contributed by atoms with E-state index in [4.69, 9.17) is 14.5 Å². The van der Waals surface area contributed by atoms with Gasteiger partial charge in [-0.15, -0.1) is 0 Å². The monoisotopic (exact) mass is 406 g/mol. The molecule has 0 saturated carbocycles. The van der Waals surface area contributed by atoms with Gasteiger partial charge in [-0.2, -0.15) is 0 Å². The Kier molecular flexibility index (Phi) is 6.09. The van der Waals surface area contributed by atoms with Crippen LogP contribution in [0.15, 0.2) is 53.6 Å². The van der Waals surface area contributed by atoms with Gasteiger partial charge in [-0.05, 0) is 43.7 Å². The average Bonchev–Trinajstić information content (AvgIpc) is 2.79. The maximum absolute atomic E-state index is 12.4. The lowest BCUT2D eigenvalue weighted by Crippen LogP contribution is -2.34. The zero-order chi connectivity index (χ0) is 20.9. The number of hydrogen-bond donors (Lipinski definition) is 1. The van der Waals surface area contributed by atoms with Crippen LogP contribution in [0.25, 0.3) is 11.4 Å². The fourth-order valence-corrected chi connectivity index (χ4v) is 4.09. The Morgan fingerprint density at radius 2 is 1.93 bits per heavy atom. The molecule has 7 heteroatoms. The predicted octanol–water partition coefficient (Wildman–Crippen LogP) is 3.58.